The molecule has 0 aliphatic carbocycles. The molecule has 0 aromatic carbocycles. The van der Waals surface area contributed by atoms with E-state index in [0.29, 0.717) is 4.83 Å². The lowest BCUT2D eigenvalue weighted by molar-refractivity contribution is 0.621. The Kier molecular flexibility index (Phi) is 3.10. The van der Waals surface area contributed by atoms with Crippen LogP contribution in [0.3, 0.4) is 0 Å². The predicted octanol–water partition coefficient (Wildman–Crippen LogP) is 2.81. The van der Waals surface area contributed by atoms with Gasteiger partial charge in [0.15, 0.2) is 0 Å². The van der Waals surface area contributed by atoms with Crippen molar-refractivity contribution in [1.29, 1.82) is 0 Å². The minimum Gasteiger partial charge on any atom is -0.253 e. The molecule has 4 heteroatoms. The zero-order valence-electron chi connectivity index (χ0n) is 6.57. The fourth-order valence-electron chi connectivity index (χ4n) is 1.36. The Morgan fingerprint density at radius 2 is 2.50 bits per heavy atom. The minimum absolute atomic E-state index is 0.713. The zero-order valence-corrected chi connectivity index (χ0v) is 9.79. The topological polar surface area (TPSA) is 12.9 Å². The Morgan fingerprint density at radius 3 is 3.08 bits per heavy atom. The molecule has 0 radical (unpaired) electrons. The summed E-state index contributed by atoms with van der Waals surface area (Å²) in [5.41, 5.74) is 1.92. The number of hydrogen-bond acceptors (Lipinski definition) is 3. The molecule has 0 spiro atoms. The molecule has 1 aromatic heterocycles. The standard InChI is InChI=1S/C8H10BrNS2/c9-8-4-11-3-6(8)1-7-2-10-5-12-7/h2,5-6,8H,1,3-4H2. The van der Waals surface area contributed by atoms with Crippen molar-refractivity contribution in [3.8, 4) is 0 Å². The second-order valence-electron chi connectivity index (χ2n) is 2.99. The van der Waals surface area contributed by atoms with Gasteiger partial charge in [-0.3, -0.25) is 4.98 Å². The average molecular weight is 264 g/mol. The molecule has 2 unspecified atom stereocenters. The number of aromatic nitrogens is 1. The lowest BCUT2D eigenvalue weighted by Gasteiger charge is -2.10. The molecule has 1 aliphatic heterocycles. The average Bonchev–Trinajstić information content (AvgIpc) is 2.65. The molecular formula is C8H10BrNS2. The third-order valence-electron chi connectivity index (χ3n) is 2.07. The van der Waals surface area contributed by atoms with Crippen LogP contribution in [0, 0.1) is 5.92 Å². The van der Waals surface area contributed by atoms with E-state index >= 15 is 0 Å². The summed E-state index contributed by atoms with van der Waals surface area (Å²) in [6.45, 7) is 0. The van der Waals surface area contributed by atoms with Crippen LogP contribution in [0.15, 0.2) is 11.7 Å². The van der Waals surface area contributed by atoms with Gasteiger partial charge in [-0.25, -0.2) is 0 Å². The highest BCUT2D eigenvalue weighted by Crippen LogP contribution is 2.32. The maximum absolute atomic E-state index is 4.09. The van der Waals surface area contributed by atoms with Gasteiger partial charge in [0.25, 0.3) is 0 Å². The van der Waals surface area contributed by atoms with Gasteiger partial charge in [-0.05, 0) is 18.1 Å². The molecule has 12 heavy (non-hydrogen) atoms. The molecule has 2 rings (SSSR count). The van der Waals surface area contributed by atoms with E-state index in [-0.39, 0.29) is 0 Å². The van der Waals surface area contributed by atoms with E-state index in [0.717, 1.165) is 5.92 Å². The van der Waals surface area contributed by atoms with Crippen LogP contribution >= 0.6 is 39.0 Å². The van der Waals surface area contributed by atoms with Crippen LogP contribution in [0.4, 0.5) is 0 Å². The van der Waals surface area contributed by atoms with Crippen molar-refractivity contribution in [3.63, 3.8) is 0 Å². The Morgan fingerprint density at radius 1 is 1.58 bits per heavy atom. The second kappa shape index (κ2) is 4.11. The number of nitrogens with zero attached hydrogens (tertiary/aromatic N) is 1. The Balaban J connectivity index is 1.95. The molecule has 66 valence electrons. The number of alkyl halides is 1. The molecular weight excluding hydrogens is 254 g/mol. The highest BCUT2D eigenvalue weighted by atomic mass is 79.9. The number of rotatable bonds is 2. The molecule has 1 saturated heterocycles. The largest absolute Gasteiger partial charge is 0.253 e. The summed E-state index contributed by atoms with van der Waals surface area (Å²) in [6, 6.07) is 0. The molecule has 0 N–H and O–H groups in total. The third-order valence-corrected chi connectivity index (χ3v) is 5.63. The lowest BCUT2D eigenvalue weighted by Crippen LogP contribution is -2.13. The first-order valence-corrected chi connectivity index (χ1v) is 6.90. The number of hydrogen-bond donors (Lipinski definition) is 0. The van der Waals surface area contributed by atoms with Gasteiger partial charge in [0, 0.05) is 21.7 Å². The van der Waals surface area contributed by atoms with Crippen molar-refractivity contribution < 1.29 is 0 Å². The Labute approximate surface area is 89.1 Å². The van der Waals surface area contributed by atoms with Crippen LogP contribution in [0.25, 0.3) is 0 Å². The van der Waals surface area contributed by atoms with Gasteiger partial charge in [-0.15, -0.1) is 11.3 Å². The molecule has 0 saturated carbocycles. The van der Waals surface area contributed by atoms with Crippen LogP contribution in [-0.4, -0.2) is 21.3 Å². The summed E-state index contributed by atoms with van der Waals surface area (Å²) < 4.78 is 0. The van der Waals surface area contributed by atoms with E-state index in [2.05, 4.69) is 20.9 Å². The van der Waals surface area contributed by atoms with Crippen molar-refractivity contribution in [2.75, 3.05) is 11.5 Å². The van der Waals surface area contributed by atoms with E-state index in [9.17, 15) is 0 Å². The predicted molar refractivity (Wildman–Crippen MR) is 59.3 cm³/mol. The summed E-state index contributed by atoms with van der Waals surface area (Å²) in [4.78, 5) is 6.22. The first kappa shape index (κ1) is 9.03. The van der Waals surface area contributed by atoms with Crippen LogP contribution in [0.1, 0.15) is 4.88 Å². The first-order valence-electron chi connectivity index (χ1n) is 3.95. The minimum atomic E-state index is 0.713. The van der Waals surface area contributed by atoms with Gasteiger partial charge < -0.3 is 0 Å². The van der Waals surface area contributed by atoms with E-state index in [1.165, 1.54) is 22.8 Å². The van der Waals surface area contributed by atoms with E-state index in [4.69, 9.17) is 0 Å². The summed E-state index contributed by atoms with van der Waals surface area (Å²) in [6.07, 6.45) is 3.20. The van der Waals surface area contributed by atoms with Crippen molar-refractivity contribution in [2.24, 2.45) is 5.92 Å². The van der Waals surface area contributed by atoms with Gasteiger partial charge in [-0.1, -0.05) is 15.9 Å². The first-order chi connectivity index (χ1) is 5.86. The van der Waals surface area contributed by atoms with Crippen LogP contribution in [0.2, 0.25) is 0 Å². The monoisotopic (exact) mass is 263 g/mol. The summed E-state index contributed by atoms with van der Waals surface area (Å²) in [7, 11) is 0. The molecule has 0 bridgehead atoms. The van der Waals surface area contributed by atoms with Gasteiger partial charge >= 0.3 is 0 Å². The molecule has 1 aromatic rings. The van der Waals surface area contributed by atoms with E-state index in [1.807, 2.05) is 23.5 Å². The molecule has 0 amide bonds. The molecule has 2 heterocycles. The van der Waals surface area contributed by atoms with E-state index in [1.54, 1.807) is 11.3 Å². The van der Waals surface area contributed by atoms with Gasteiger partial charge in [0.05, 0.1) is 5.51 Å². The third kappa shape index (κ3) is 2.03. The Bertz CT molecular complexity index is 237. The fourth-order valence-corrected chi connectivity index (χ4v) is 4.52. The smallest absolute Gasteiger partial charge is 0.0794 e. The van der Waals surface area contributed by atoms with Crippen molar-refractivity contribution in [1.82, 2.24) is 4.98 Å². The van der Waals surface area contributed by atoms with Gasteiger partial charge in [0.1, 0.15) is 0 Å². The van der Waals surface area contributed by atoms with Gasteiger partial charge in [0.2, 0.25) is 0 Å². The van der Waals surface area contributed by atoms with Crippen LogP contribution in [0.5, 0.6) is 0 Å². The highest BCUT2D eigenvalue weighted by molar-refractivity contribution is 9.09. The van der Waals surface area contributed by atoms with Crippen molar-refractivity contribution >= 4 is 39.0 Å². The molecule has 2 atom stereocenters. The fraction of sp³-hybridized carbons (Fsp3) is 0.625. The van der Waals surface area contributed by atoms with Crippen LogP contribution in [-0.2, 0) is 6.42 Å². The quantitative estimate of drug-likeness (QED) is 0.762. The van der Waals surface area contributed by atoms with Gasteiger partial charge in [-0.2, -0.15) is 11.8 Å². The zero-order chi connectivity index (χ0) is 8.39. The lowest BCUT2D eigenvalue weighted by atomic mass is 10.0. The molecule has 1 nitrogen and oxygen atoms in total. The number of thiazole rings is 1. The summed E-state index contributed by atoms with van der Waals surface area (Å²) in [5.74, 6) is 3.38. The normalized spacial score (nSPS) is 29.4. The maximum atomic E-state index is 4.09. The summed E-state index contributed by atoms with van der Waals surface area (Å²) in [5, 5.41) is 0. The summed E-state index contributed by atoms with van der Waals surface area (Å²) >= 11 is 7.53. The van der Waals surface area contributed by atoms with E-state index < -0.39 is 0 Å². The maximum Gasteiger partial charge on any atom is 0.0794 e. The SMILES string of the molecule is BrC1CSCC1Cc1cncs1. The molecule has 1 aliphatic rings. The van der Waals surface area contributed by atoms with Crippen molar-refractivity contribution in [3.05, 3.63) is 16.6 Å². The number of thioether (sulfide) groups is 1. The molecule has 1 fully saturated rings. The number of halogens is 1. The Hall–Kier alpha value is 0.460. The highest BCUT2D eigenvalue weighted by Gasteiger charge is 2.25. The second-order valence-corrected chi connectivity index (χ2v) is 6.21. The van der Waals surface area contributed by atoms with Crippen LogP contribution < -0.4 is 0 Å². The van der Waals surface area contributed by atoms with Crippen molar-refractivity contribution in [2.45, 2.75) is 11.2 Å².